The minimum Gasteiger partial charge on any atom is -0.497 e. The molecule has 2 aromatic rings. The molecule has 2 aromatic carbocycles. The third-order valence-electron chi connectivity index (χ3n) is 3.42. The Bertz CT molecular complexity index is 911. The van der Waals surface area contributed by atoms with Crippen LogP contribution in [0.5, 0.6) is 17.2 Å². The number of carbonyl (C=O) groups excluding carboxylic acids is 1. The predicted molar refractivity (Wildman–Crippen MR) is 97.7 cm³/mol. The van der Waals surface area contributed by atoms with Crippen molar-refractivity contribution in [1.82, 2.24) is 0 Å². The molecule has 0 radical (unpaired) electrons. The third-order valence-corrected chi connectivity index (χ3v) is 4.83. The van der Waals surface area contributed by atoms with Crippen molar-refractivity contribution in [2.24, 2.45) is 0 Å². The molecule has 0 spiro atoms. The monoisotopic (exact) mass is 380 g/mol. The number of benzene rings is 2. The van der Waals surface area contributed by atoms with Crippen LogP contribution >= 0.6 is 0 Å². The summed E-state index contributed by atoms with van der Waals surface area (Å²) in [4.78, 5) is 11.2. The van der Waals surface area contributed by atoms with Crippen LogP contribution in [0.25, 0.3) is 0 Å². The van der Waals surface area contributed by atoms with Crippen molar-refractivity contribution in [2.75, 3.05) is 31.4 Å². The molecule has 0 unspecified atom stereocenters. The normalized spacial score (nSPS) is 10.8. The zero-order chi connectivity index (χ0) is 19.3. The summed E-state index contributed by atoms with van der Waals surface area (Å²) in [5.74, 6) is 0.647. The summed E-state index contributed by atoms with van der Waals surface area (Å²) in [6.45, 7) is 1.34. The van der Waals surface area contributed by atoms with E-state index in [2.05, 4.69) is 10.0 Å². The van der Waals surface area contributed by atoms with Crippen LogP contribution in [0.1, 0.15) is 6.92 Å². The van der Waals surface area contributed by atoms with Gasteiger partial charge in [-0.15, -0.1) is 0 Å². The van der Waals surface area contributed by atoms with Crippen LogP contribution in [-0.4, -0.2) is 35.7 Å². The summed E-state index contributed by atoms with van der Waals surface area (Å²) in [7, 11) is 0.305. The van der Waals surface area contributed by atoms with Crippen molar-refractivity contribution in [1.29, 1.82) is 0 Å². The minimum atomic E-state index is -3.96. The number of sulfonamides is 1. The van der Waals surface area contributed by atoms with Crippen LogP contribution < -0.4 is 24.2 Å². The lowest BCUT2D eigenvalue weighted by molar-refractivity contribution is -0.114. The van der Waals surface area contributed by atoms with Crippen molar-refractivity contribution in [3.8, 4) is 17.2 Å². The Balaban J connectivity index is 2.42. The standard InChI is InChI=1S/C17H20N2O6S/c1-11(20)18-14-9-12(5-7-15(14)24-3)19-26(21,22)17-10-13(23-2)6-8-16(17)25-4/h5-10,19H,1-4H3,(H,18,20). The van der Waals surface area contributed by atoms with Gasteiger partial charge in [0.05, 0.1) is 32.7 Å². The fourth-order valence-electron chi connectivity index (χ4n) is 2.26. The third kappa shape index (κ3) is 4.37. The summed E-state index contributed by atoms with van der Waals surface area (Å²) in [5, 5.41) is 2.59. The first-order chi connectivity index (χ1) is 12.3. The predicted octanol–water partition coefficient (Wildman–Crippen LogP) is 2.47. The lowest BCUT2D eigenvalue weighted by atomic mass is 10.2. The van der Waals surface area contributed by atoms with Crippen LogP contribution in [0.4, 0.5) is 11.4 Å². The minimum absolute atomic E-state index is 0.0729. The van der Waals surface area contributed by atoms with Gasteiger partial charge in [-0.25, -0.2) is 8.42 Å². The number of amides is 1. The molecule has 2 N–H and O–H groups in total. The van der Waals surface area contributed by atoms with Crippen LogP contribution in [0.2, 0.25) is 0 Å². The molecule has 26 heavy (non-hydrogen) atoms. The molecule has 2 rings (SSSR count). The second-order valence-corrected chi connectivity index (χ2v) is 6.87. The molecule has 0 saturated carbocycles. The number of nitrogens with one attached hydrogen (secondary N) is 2. The van der Waals surface area contributed by atoms with Crippen LogP contribution in [0.3, 0.4) is 0 Å². The van der Waals surface area contributed by atoms with Crippen LogP contribution in [0.15, 0.2) is 41.3 Å². The average Bonchev–Trinajstić information content (AvgIpc) is 2.60. The molecule has 0 saturated heterocycles. The van der Waals surface area contributed by atoms with E-state index in [4.69, 9.17) is 14.2 Å². The van der Waals surface area contributed by atoms with E-state index in [1.807, 2.05) is 0 Å². The zero-order valence-electron chi connectivity index (χ0n) is 14.8. The van der Waals surface area contributed by atoms with Crippen molar-refractivity contribution in [2.45, 2.75) is 11.8 Å². The lowest BCUT2D eigenvalue weighted by Crippen LogP contribution is -2.15. The number of methoxy groups -OCH3 is 3. The Morgan fingerprint density at radius 2 is 1.58 bits per heavy atom. The van der Waals surface area contributed by atoms with Gasteiger partial charge in [0.1, 0.15) is 22.1 Å². The summed E-state index contributed by atoms with van der Waals surface area (Å²) in [5.41, 5.74) is 0.595. The summed E-state index contributed by atoms with van der Waals surface area (Å²) < 4.78 is 43.4. The molecule has 9 heteroatoms. The average molecular weight is 380 g/mol. The first kappa shape index (κ1) is 19.4. The molecule has 0 atom stereocenters. The van der Waals surface area contributed by atoms with E-state index in [1.165, 1.54) is 52.5 Å². The topological polar surface area (TPSA) is 103 Å². The Kier molecular flexibility index (Phi) is 5.93. The molecule has 0 fully saturated rings. The van der Waals surface area contributed by atoms with Crippen LogP contribution in [0, 0.1) is 0 Å². The summed E-state index contributed by atoms with van der Waals surface area (Å²) >= 11 is 0. The number of hydrogen-bond donors (Lipinski definition) is 2. The second kappa shape index (κ2) is 7.96. The highest BCUT2D eigenvalue weighted by molar-refractivity contribution is 7.92. The molecular weight excluding hydrogens is 360 g/mol. The highest BCUT2D eigenvalue weighted by atomic mass is 32.2. The maximum absolute atomic E-state index is 12.8. The lowest BCUT2D eigenvalue weighted by Gasteiger charge is -2.15. The first-order valence-corrected chi connectivity index (χ1v) is 8.99. The number of carbonyl (C=O) groups is 1. The molecule has 0 heterocycles. The van der Waals surface area contributed by atoms with Gasteiger partial charge in [-0.05, 0) is 30.3 Å². The van der Waals surface area contributed by atoms with Gasteiger partial charge in [0.15, 0.2) is 0 Å². The summed E-state index contributed by atoms with van der Waals surface area (Å²) in [6, 6.07) is 8.99. The van der Waals surface area contributed by atoms with E-state index in [-0.39, 0.29) is 22.2 Å². The van der Waals surface area contributed by atoms with E-state index in [1.54, 1.807) is 12.1 Å². The van der Waals surface area contributed by atoms with Gasteiger partial charge in [-0.3, -0.25) is 9.52 Å². The Hall–Kier alpha value is -2.94. The Morgan fingerprint density at radius 1 is 0.923 bits per heavy atom. The second-order valence-electron chi connectivity index (χ2n) is 5.22. The Labute approximate surface area is 152 Å². The smallest absolute Gasteiger partial charge is 0.265 e. The maximum atomic E-state index is 12.8. The summed E-state index contributed by atoms with van der Waals surface area (Å²) in [6.07, 6.45) is 0. The number of anilines is 2. The van der Waals surface area contributed by atoms with Gasteiger partial charge in [-0.1, -0.05) is 0 Å². The molecule has 140 valence electrons. The molecule has 0 aromatic heterocycles. The number of ether oxygens (including phenoxy) is 3. The van der Waals surface area contributed by atoms with E-state index in [9.17, 15) is 13.2 Å². The quantitative estimate of drug-likeness (QED) is 0.765. The van der Waals surface area contributed by atoms with Gasteiger partial charge in [0.25, 0.3) is 10.0 Å². The van der Waals surface area contributed by atoms with Crippen molar-refractivity contribution < 1.29 is 27.4 Å². The molecule has 0 aliphatic rings. The van der Waals surface area contributed by atoms with E-state index >= 15 is 0 Å². The van der Waals surface area contributed by atoms with E-state index in [0.29, 0.717) is 17.2 Å². The SMILES string of the molecule is COc1ccc(OC)c(S(=O)(=O)Nc2ccc(OC)c(NC(C)=O)c2)c1. The molecule has 0 bridgehead atoms. The van der Waals surface area contributed by atoms with Gasteiger partial charge in [0, 0.05) is 13.0 Å². The highest BCUT2D eigenvalue weighted by Gasteiger charge is 2.21. The van der Waals surface area contributed by atoms with Crippen molar-refractivity contribution >= 4 is 27.3 Å². The van der Waals surface area contributed by atoms with Gasteiger partial charge < -0.3 is 19.5 Å². The van der Waals surface area contributed by atoms with Gasteiger partial charge >= 0.3 is 0 Å². The largest absolute Gasteiger partial charge is 0.497 e. The maximum Gasteiger partial charge on any atom is 0.265 e. The zero-order valence-corrected chi connectivity index (χ0v) is 15.6. The van der Waals surface area contributed by atoms with Gasteiger partial charge in [-0.2, -0.15) is 0 Å². The number of hydrogen-bond acceptors (Lipinski definition) is 6. The van der Waals surface area contributed by atoms with Crippen molar-refractivity contribution in [3.63, 3.8) is 0 Å². The molecule has 1 amide bonds. The van der Waals surface area contributed by atoms with E-state index < -0.39 is 10.0 Å². The van der Waals surface area contributed by atoms with Gasteiger partial charge in [0.2, 0.25) is 5.91 Å². The molecule has 0 aliphatic heterocycles. The fraction of sp³-hybridized carbons (Fsp3) is 0.235. The number of rotatable bonds is 7. The highest BCUT2D eigenvalue weighted by Crippen LogP contribution is 2.32. The molecule has 0 aliphatic carbocycles. The van der Waals surface area contributed by atoms with E-state index in [0.717, 1.165) is 0 Å². The molecular formula is C17H20N2O6S. The van der Waals surface area contributed by atoms with Crippen molar-refractivity contribution in [3.05, 3.63) is 36.4 Å². The van der Waals surface area contributed by atoms with Crippen LogP contribution in [-0.2, 0) is 14.8 Å². The Morgan fingerprint density at radius 3 is 2.15 bits per heavy atom. The fourth-order valence-corrected chi connectivity index (χ4v) is 3.50. The first-order valence-electron chi connectivity index (χ1n) is 7.51. The molecule has 8 nitrogen and oxygen atoms in total.